The third kappa shape index (κ3) is 4.44. The van der Waals surface area contributed by atoms with Crippen LogP contribution in [-0.4, -0.2) is 36.1 Å². The highest BCUT2D eigenvalue weighted by Crippen LogP contribution is 2.33. The number of benzene rings is 1. The fourth-order valence-electron chi connectivity index (χ4n) is 3.94. The summed E-state index contributed by atoms with van der Waals surface area (Å²) >= 11 is 0. The van der Waals surface area contributed by atoms with Crippen LogP contribution in [-0.2, 0) is 0 Å². The summed E-state index contributed by atoms with van der Waals surface area (Å²) in [6, 6.07) is 4.75. The molecule has 2 aromatic rings. The van der Waals surface area contributed by atoms with Gasteiger partial charge < -0.3 is 20.6 Å². The number of nitrogens with zero attached hydrogens (tertiary/aromatic N) is 1. The number of nitrogens with one attached hydrogen (secondary N) is 2. The van der Waals surface area contributed by atoms with Gasteiger partial charge in [-0.05, 0) is 37.8 Å². The number of carbonyl (C=O) groups is 1. The van der Waals surface area contributed by atoms with Crippen LogP contribution in [0.1, 0.15) is 55.8 Å². The Labute approximate surface area is 170 Å². The van der Waals surface area contributed by atoms with Gasteiger partial charge in [-0.15, -0.1) is 0 Å². The van der Waals surface area contributed by atoms with Crippen molar-refractivity contribution in [1.82, 2.24) is 4.90 Å². The second kappa shape index (κ2) is 8.68. The maximum atomic E-state index is 12.2. The predicted molar refractivity (Wildman–Crippen MR) is 115 cm³/mol. The van der Waals surface area contributed by atoms with Gasteiger partial charge in [0.05, 0.1) is 11.3 Å². The number of rotatable bonds is 8. The van der Waals surface area contributed by atoms with Crippen molar-refractivity contribution in [3.05, 3.63) is 44.2 Å². The zero-order valence-corrected chi connectivity index (χ0v) is 17.2. The molecule has 0 aromatic heterocycles. The third-order valence-electron chi connectivity index (χ3n) is 5.72. The Morgan fingerprint density at radius 2 is 1.83 bits per heavy atom. The standard InChI is InChI=1S/C22H29N3O4/c1-13(11-12-14-7-4-5-8-14)23-17-18(21(28)20(17)27)24-16-10-6-9-15(19(16)26)22(29)25(2)3/h6,9-10,13-14,23-24,26H,4-5,7-8,11-12H2,1-3H3. The first kappa shape index (κ1) is 20.9. The number of amides is 1. The lowest BCUT2D eigenvalue weighted by Crippen LogP contribution is -2.38. The summed E-state index contributed by atoms with van der Waals surface area (Å²) in [6.07, 6.45) is 7.21. The van der Waals surface area contributed by atoms with Crippen LogP contribution in [0.15, 0.2) is 27.8 Å². The molecule has 3 N–H and O–H groups in total. The Morgan fingerprint density at radius 3 is 2.48 bits per heavy atom. The molecule has 1 aliphatic carbocycles. The number of phenols is 1. The molecule has 1 amide bonds. The van der Waals surface area contributed by atoms with E-state index in [1.165, 1.54) is 36.6 Å². The van der Waals surface area contributed by atoms with Gasteiger partial charge in [-0.25, -0.2) is 0 Å². The lowest BCUT2D eigenvalue weighted by molar-refractivity contribution is 0.0824. The fourth-order valence-corrected chi connectivity index (χ4v) is 3.94. The Bertz CT molecular complexity index is 954. The van der Waals surface area contributed by atoms with Gasteiger partial charge in [0, 0.05) is 20.1 Å². The second-order valence-electron chi connectivity index (χ2n) is 8.21. The minimum atomic E-state index is -0.626. The van der Waals surface area contributed by atoms with E-state index in [1.54, 1.807) is 26.2 Å². The molecule has 3 rings (SSSR count). The minimum absolute atomic E-state index is 0.0645. The lowest BCUT2D eigenvalue weighted by atomic mass is 9.99. The average Bonchev–Trinajstić information content (AvgIpc) is 3.22. The van der Waals surface area contributed by atoms with Crippen LogP contribution in [0.5, 0.6) is 5.75 Å². The van der Waals surface area contributed by atoms with E-state index in [4.69, 9.17) is 0 Å². The van der Waals surface area contributed by atoms with Crippen molar-refractivity contribution in [1.29, 1.82) is 0 Å². The molecule has 7 nitrogen and oxygen atoms in total. The number of hydrogen-bond acceptors (Lipinski definition) is 6. The maximum Gasteiger partial charge on any atom is 0.257 e. The van der Waals surface area contributed by atoms with Gasteiger partial charge in [0.15, 0.2) is 5.75 Å². The SMILES string of the molecule is CC(CCC1CCCC1)Nc1c(Nc2cccc(C(=O)N(C)C)c2O)c(=O)c1=O. The number of aromatic hydroxyl groups is 1. The quantitative estimate of drug-likeness (QED) is 0.466. The Hall–Kier alpha value is -2.83. The van der Waals surface area contributed by atoms with Crippen LogP contribution in [0.3, 0.4) is 0 Å². The highest BCUT2D eigenvalue weighted by atomic mass is 16.3. The molecule has 156 valence electrons. The molecule has 1 fully saturated rings. The molecule has 1 atom stereocenters. The number of phenolic OH excluding ortho intramolecular Hbond substituents is 1. The lowest BCUT2D eigenvalue weighted by Gasteiger charge is -2.21. The molecule has 1 aliphatic rings. The molecule has 0 spiro atoms. The third-order valence-corrected chi connectivity index (χ3v) is 5.72. The number of hydrogen-bond donors (Lipinski definition) is 3. The van der Waals surface area contributed by atoms with E-state index in [1.807, 2.05) is 6.92 Å². The van der Waals surface area contributed by atoms with Gasteiger partial charge in [0.1, 0.15) is 11.4 Å². The summed E-state index contributed by atoms with van der Waals surface area (Å²) < 4.78 is 0. The summed E-state index contributed by atoms with van der Waals surface area (Å²) in [5.74, 6) is 0.160. The summed E-state index contributed by atoms with van der Waals surface area (Å²) in [5, 5.41) is 16.4. The molecule has 29 heavy (non-hydrogen) atoms. The van der Waals surface area contributed by atoms with E-state index in [0.717, 1.165) is 18.8 Å². The van der Waals surface area contributed by atoms with Gasteiger partial charge in [-0.3, -0.25) is 14.4 Å². The van der Waals surface area contributed by atoms with E-state index < -0.39 is 10.9 Å². The number of anilines is 3. The van der Waals surface area contributed by atoms with Crippen molar-refractivity contribution in [3.8, 4) is 5.75 Å². The molecule has 1 saturated carbocycles. The smallest absolute Gasteiger partial charge is 0.257 e. The Balaban J connectivity index is 1.72. The van der Waals surface area contributed by atoms with Gasteiger partial charge in [0.25, 0.3) is 16.8 Å². The summed E-state index contributed by atoms with van der Waals surface area (Å²) in [6.45, 7) is 2.00. The van der Waals surface area contributed by atoms with Crippen LogP contribution in [0.2, 0.25) is 0 Å². The molecule has 0 saturated heterocycles. The summed E-state index contributed by atoms with van der Waals surface area (Å²) in [4.78, 5) is 37.7. The minimum Gasteiger partial charge on any atom is -0.505 e. The molecule has 1 unspecified atom stereocenters. The zero-order chi connectivity index (χ0) is 21.1. The van der Waals surface area contributed by atoms with Gasteiger partial charge in [-0.2, -0.15) is 0 Å². The van der Waals surface area contributed by atoms with Gasteiger partial charge in [-0.1, -0.05) is 31.7 Å². The van der Waals surface area contributed by atoms with Crippen molar-refractivity contribution in [2.45, 2.75) is 51.5 Å². The van der Waals surface area contributed by atoms with Crippen molar-refractivity contribution >= 4 is 23.0 Å². The molecule has 0 bridgehead atoms. The second-order valence-corrected chi connectivity index (χ2v) is 8.21. The number of para-hydroxylation sites is 1. The van der Waals surface area contributed by atoms with Crippen LogP contribution < -0.4 is 21.5 Å². The average molecular weight is 399 g/mol. The van der Waals surface area contributed by atoms with Crippen molar-refractivity contribution in [2.24, 2.45) is 5.92 Å². The topological polar surface area (TPSA) is 98.7 Å². The van der Waals surface area contributed by atoms with E-state index in [9.17, 15) is 19.5 Å². The highest BCUT2D eigenvalue weighted by molar-refractivity contribution is 5.99. The van der Waals surface area contributed by atoms with Crippen LogP contribution >= 0.6 is 0 Å². The summed E-state index contributed by atoms with van der Waals surface area (Å²) in [5.41, 5.74) is -0.464. The van der Waals surface area contributed by atoms with Crippen LogP contribution in [0.25, 0.3) is 0 Å². The van der Waals surface area contributed by atoms with E-state index in [-0.39, 0.29) is 40.3 Å². The molecular formula is C22H29N3O4. The highest BCUT2D eigenvalue weighted by Gasteiger charge is 2.25. The molecule has 2 aromatic carbocycles. The molecule has 0 aliphatic heterocycles. The Kier molecular flexibility index (Phi) is 6.25. The first-order valence-corrected chi connectivity index (χ1v) is 10.2. The Morgan fingerprint density at radius 1 is 1.17 bits per heavy atom. The zero-order valence-electron chi connectivity index (χ0n) is 17.2. The van der Waals surface area contributed by atoms with Crippen molar-refractivity contribution in [3.63, 3.8) is 0 Å². The summed E-state index contributed by atoms with van der Waals surface area (Å²) in [7, 11) is 3.18. The van der Waals surface area contributed by atoms with Crippen molar-refractivity contribution in [2.75, 3.05) is 24.7 Å². The fraction of sp³-hybridized carbons (Fsp3) is 0.500. The van der Waals surface area contributed by atoms with E-state index in [0.29, 0.717) is 0 Å². The normalized spacial score (nSPS) is 15.4. The molecule has 0 radical (unpaired) electrons. The van der Waals surface area contributed by atoms with E-state index >= 15 is 0 Å². The first-order chi connectivity index (χ1) is 13.8. The first-order valence-electron chi connectivity index (χ1n) is 10.2. The van der Waals surface area contributed by atoms with Gasteiger partial charge >= 0.3 is 0 Å². The van der Waals surface area contributed by atoms with E-state index in [2.05, 4.69) is 10.6 Å². The van der Waals surface area contributed by atoms with Gasteiger partial charge in [0.2, 0.25) is 0 Å². The van der Waals surface area contributed by atoms with Crippen LogP contribution in [0, 0.1) is 5.92 Å². The molecular weight excluding hydrogens is 370 g/mol. The largest absolute Gasteiger partial charge is 0.505 e. The predicted octanol–water partition coefficient (Wildman–Crippen LogP) is 3.20. The van der Waals surface area contributed by atoms with Crippen LogP contribution in [0.4, 0.5) is 17.1 Å². The monoisotopic (exact) mass is 399 g/mol. The maximum absolute atomic E-state index is 12.2. The molecule has 0 heterocycles. The van der Waals surface area contributed by atoms with Crippen molar-refractivity contribution < 1.29 is 9.90 Å². The number of carbonyl (C=O) groups excluding carboxylic acids is 1. The molecule has 7 heteroatoms.